The minimum absolute atomic E-state index is 0.614. The first-order valence-corrected chi connectivity index (χ1v) is 5.06. The standard InChI is InChI=1S/C10H22N2/c1-9(2)12-7-6-11-8-10(3)4-5-10/h9,11-12H,4-8H2,1-3H3. The number of hydrogen-bond acceptors (Lipinski definition) is 2. The Bertz CT molecular complexity index is 128. The van der Waals surface area contributed by atoms with E-state index in [0.29, 0.717) is 11.5 Å². The lowest BCUT2D eigenvalue weighted by molar-refractivity contribution is 0.482. The third-order valence-corrected chi connectivity index (χ3v) is 2.51. The Morgan fingerprint density at radius 2 is 1.92 bits per heavy atom. The molecule has 0 aliphatic heterocycles. The second-order valence-corrected chi connectivity index (χ2v) is 4.60. The van der Waals surface area contributed by atoms with E-state index in [4.69, 9.17) is 0 Å². The Morgan fingerprint density at radius 3 is 2.42 bits per heavy atom. The van der Waals surface area contributed by atoms with E-state index in [-0.39, 0.29) is 0 Å². The fourth-order valence-corrected chi connectivity index (χ4v) is 1.23. The van der Waals surface area contributed by atoms with Crippen molar-refractivity contribution >= 4 is 0 Å². The average Bonchev–Trinajstić information content (AvgIpc) is 2.67. The van der Waals surface area contributed by atoms with E-state index < -0.39 is 0 Å². The highest BCUT2D eigenvalue weighted by Crippen LogP contribution is 2.43. The maximum absolute atomic E-state index is 3.48. The Morgan fingerprint density at radius 1 is 1.25 bits per heavy atom. The number of rotatable bonds is 6. The molecule has 0 spiro atoms. The van der Waals surface area contributed by atoms with E-state index in [1.807, 2.05) is 0 Å². The molecule has 0 aromatic rings. The number of hydrogen-bond donors (Lipinski definition) is 2. The van der Waals surface area contributed by atoms with Gasteiger partial charge in [0.25, 0.3) is 0 Å². The van der Waals surface area contributed by atoms with Crippen LogP contribution in [0.4, 0.5) is 0 Å². The molecule has 12 heavy (non-hydrogen) atoms. The summed E-state index contributed by atoms with van der Waals surface area (Å²) in [5.74, 6) is 0. The van der Waals surface area contributed by atoms with Gasteiger partial charge in [-0.25, -0.2) is 0 Å². The first-order chi connectivity index (χ1) is 5.62. The molecular formula is C10H22N2. The van der Waals surface area contributed by atoms with Gasteiger partial charge in [-0.1, -0.05) is 20.8 Å². The van der Waals surface area contributed by atoms with Gasteiger partial charge in [0.1, 0.15) is 0 Å². The van der Waals surface area contributed by atoms with Crippen molar-refractivity contribution in [3.8, 4) is 0 Å². The second-order valence-electron chi connectivity index (χ2n) is 4.60. The monoisotopic (exact) mass is 170 g/mol. The fraction of sp³-hybridized carbons (Fsp3) is 1.00. The van der Waals surface area contributed by atoms with Crippen LogP contribution < -0.4 is 10.6 Å². The molecule has 1 saturated carbocycles. The fourth-order valence-electron chi connectivity index (χ4n) is 1.23. The van der Waals surface area contributed by atoms with Crippen molar-refractivity contribution in [1.29, 1.82) is 0 Å². The highest BCUT2D eigenvalue weighted by molar-refractivity contribution is 4.90. The molecule has 0 saturated heterocycles. The summed E-state index contributed by atoms with van der Waals surface area (Å²) < 4.78 is 0. The van der Waals surface area contributed by atoms with Crippen LogP contribution in [-0.4, -0.2) is 25.7 Å². The van der Waals surface area contributed by atoms with Gasteiger partial charge in [-0.3, -0.25) is 0 Å². The molecule has 1 aliphatic rings. The van der Waals surface area contributed by atoms with E-state index in [0.717, 1.165) is 13.1 Å². The molecule has 0 radical (unpaired) electrons. The average molecular weight is 170 g/mol. The Kier molecular flexibility index (Phi) is 3.53. The summed E-state index contributed by atoms with van der Waals surface area (Å²) in [6, 6.07) is 0.614. The summed E-state index contributed by atoms with van der Waals surface area (Å²) >= 11 is 0. The van der Waals surface area contributed by atoms with Gasteiger partial charge in [0.2, 0.25) is 0 Å². The maximum atomic E-state index is 3.48. The zero-order chi connectivity index (χ0) is 9.03. The van der Waals surface area contributed by atoms with Gasteiger partial charge in [0, 0.05) is 25.7 Å². The summed E-state index contributed by atoms with van der Waals surface area (Å²) in [5.41, 5.74) is 0.651. The van der Waals surface area contributed by atoms with Gasteiger partial charge >= 0.3 is 0 Å². The van der Waals surface area contributed by atoms with Crippen LogP contribution in [0.15, 0.2) is 0 Å². The summed E-state index contributed by atoms with van der Waals surface area (Å²) in [7, 11) is 0. The van der Waals surface area contributed by atoms with Gasteiger partial charge < -0.3 is 10.6 Å². The molecule has 0 bridgehead atoms. The Hall–Kier alpha value is -0.0800. The summed E-state index contributed by atoms with van der Waals surface area (Å²) in [6.45, 7) is 10.1. The zero-order valence-electron chi connectivity index (χ0n) is 8.61. The highest BCUT2D eigenvalue weighted by Gasteiger charge is 2.36. The normalized spacial score (nSPS) is 20.0. The SMILES string of the molecule is CC(C)NCCNCC1(C)CC1. The minimum atomic E-state index is 0.614. The lowest BCUT2D eigenvalue weighted by Crippen LogP contribution is -2.33. The lowest BCUT2D eigenvalue weighted by atomic mass is 10.1. The smallest absolute Gasteiger partial charge is 0.00790 e. The van der Waals surface area contributed by atoms with Crippen LogP contribution in [0.1, 0.15) is 33.6 Å². The predicted molar refractivity (Wildman–Crippen MR) is 53.3 cm³/mol. The third kappa shape index (κ3) is 4.07. The first-order valence-electron chi connectivity index (χ1n) is 5.06. The largest absolute Gasteiger partial charge is 0.315 e. The molecule has 72 valence electrons. The van der Waals surface area contributed by atoms with E-state index >= 15 is 0 Å². The summed E-state index contributed by atoms with van der Waals surface area (Å²) in [6.07, 6.45) is 2.83. The highest BCUT2D eigenvalue weighted by atomic mass is 15.0. The van der Waals surface area contributed by atoms with Crippen LogP contribution >= 0.6 is 0 Å². The molecule has 0 aromatic heterocycles. The molecule has 0 unspecified atom stereocenters. The molecule has 0 amide bonds. The van der Waals surface area contributed by atoms with Crippen LogP contribution in [0.5, 0.6) is 0 Å². The molecule has 2 nitrogen and oxygen atoms in total. The molecule has 1 fully saturated rings. The van der Waals surface area contributed by atoms with Crippen LogP contribution in [0.2, 0.25) is 0 Å². The zero-order valence-corrected chi connectivity index (χ0v) is 8.61. The molecule has 0 heterocycles. The van der Waals surface area contributed by atoms with Crippen LogP contribution in [0, 0.1) is 5.41 Å². The van der Waals surface area contributed by atoms with Gasteiger partial charge in [0.15, 0.2) is 0 Å². The summed E-state index contributed by atoms with van der Waals surface area (Å²) in [5, 5.41) is 6.87. The van der Waals surface area contributed by atoms with Crippen molar-refractivity contribution in [3.05, 3.63) is 0 Å². The van der Waals surface area contributed by atoms with E-state index in [2.05, 4.69) is 31.4 Å². The van der Waals surface area contributed by atoms with Crippen molar-refractivity contribution in [2.75, 3.05) is 19.6 Å². The van der Waals surface area contributed by atoms with E-state index in [9.17, 15) is 0 Å². The quantitative estimate of drug-likeness (QED) is 0.588. The lowest BCUT2D eigenvalue weighted by Gasteiger charge is -2.11. The predicted octanol–water partition coefficient (Wildman–Crippen LogP) is 1.37. The van der Waals surface area contributed by atoms with E-state index in [1.165, 1.54) is 19.4 Å². The molecule has 2 heteroatoms. The summed E-state index contributed by atoms with van der Waals surface area (Å²) in [4.78, 5) is 0. The van der Waals surface area contributed by atoms with Gasteiger partial charge in [0.05, 0.1) is 0 Å². The second kappa shape index (κ2) is 4.24. The maximum Gasteiger partial charge on any atom is 0.00790 e. The van der Waals surface area contributed by atoms with Crippen molar-refractivity contribution in [3.63, 3.8) is 0 Å². The van der Waals surface area contributed by atoms with Crippen LogP contribution in [0.3, 0.4) is 0 Å². The van der Waals surface area contributed by atoms with Crippen LogP contribution in [0.25, 0.3) is 0 Å². The van der Waals surface area contributed by atoms with Gasteiger partial charge in [-0.2, -0.15) is 0 Å². The van der Waals surface area contributed by atoms with Gasteiger partial charge in [-0.15, -0.1) is 0 Å². The van der Waals surface area contributed by atoms with E-state index in [1.54, 1.807) is 0 Å². The first kappa shape index (κ1) is 10.0. The van der Waals surface area contributed by atoms with Crippen molar-refractivity contribution < 1.29 is 0 Å². The molecule has 0 aromatic carbocycles. The van der Waals surface area contributed by atoms with Crippen molar-refractivity contribution in [2.24, 2.45) is 5.41 Å². The minimum Gasteiger partial charge on any atom is -0.315 e. The van der Waals surface area contributed by atoms with Crippen molar-refractivity contribution in [1.82, 2.24) is 10.6 Å². The van der Waals surface area contributed by atoms with Gasteiger partial charge in [-0.05, 0) is 18.3 Å². The number of nitrogens with one attached hydrogen (secondary N) is 2. The topological polar surface area (TPSA) is 24.1 Å². The molecule has 1 rings (SSSR count). The Labute approximate surface area is 76.1 Å². The third-order valence-electron chi connectivity index (χ3n) is 2.51. The van der Waals surface area contributed by atoms with Crippen LogP contribution in [-0.2, 0) is 0 Å². The molecular weight excluding hydrogens is 148 g/mol. The molecule has 0 atom stereocenters. The molecule has 2 N–H and O–H groups in total. The Balaban J connectivity index is 1.83. The van der Waals surface area contributed by atoms with Crippen molar-refractivity contribution in [2.45, 2.75) is 39.7 Å². The molecule has 1 aliphatic carbocycles.